The van der Waals surface area contributed by atoms with E-state index in [0.29, 0.717) is 16.7 Å². The van der Waals surface area contributed by atoms with E-state index in [1.165, 1.54) is 30.4 Å². The molecule has 1 heterocycles. The van der Waals surface area contributed by atoms with Crippen LogP contribution in [0.1, 0.15) is 21.6 Å². The zero-order valence-corrected chi connectivity index (χ0v) is 11.8. The maximum Gasteiger partial charge on any atom is 0.185 e. The number of ketones is 1. The maximum atomic E-state index is 12.2. The van der Waals surface area contributed by atoms with E-state index in [9.17, 15) is 15.0 Å². The van der Waals surface area contributed by atoms with E-state index in [0.717, 1.165) is 11.1 Å². The number of allylic oxidation sites excluding steroid dienone is 1. The second kappa shape index (κ2) is 5.37. The molecule has 0 atom stereocenters. The molecule has 0 fully saturated rings. The van der Waals surface area contributed by atoms with Gasteiger partial charge in [0.2, 0.25) is 0 Å². The van der Waals surface area contributed by atoms with Crippen LogP contribution in [0, 0.1) is 6.92 Å². The smallest absolute Gasteiger partial charge is 0.185 e. The number of phenols is 2. The van der Waals surface area contributed by atoms with Gasteiger partial charge in [-0.2, -0.15) is 0 Å². The van der Waals surface area contributed by atoms with E-state index < -0.39 is 0 Å². The Kier molecular flexibility index (Phi) is 3.39. The van der Waals surface area contributed by atoms with Gasteiger partial charge >= 0.3 is 0 Å². The summed E-state index contributed by atoms with van der Waals surface area (Å²) in [6, 6.07) is 9.28. The highest BCUT2D eigenvalue weighted by molar-refractivity contribution is 6.08. The van der Waals surface area contributed by atoms with Crippen LogP contribution in [0.5, 0.6) is 11.5 Å². The number of carbonyl (C=O) groups excluding carboxylic acids is 1. The Labute approximate surface area is 126 Å². The largest absolute Gasteiger partial charge is 0.508 e. The van der Waals surface area contributed by atoms with E-state index in [1.54, 1.807) is 18.2 Å². The maximum absolute atomic E-state index is 12.2. The summed E-state index contributed by atoms with van der Waals surface area (Å²) in [6.07, 6.45) is 2.87. The topological polar surface area (TPSA) is 83.6 Å². The Morgan fingerprint density at radius 3 is 2.77 bits per heavy atom. The molecule has 0 radical (unpaired) electrons. The molecule has 0 saturated carbocycles. The Morgan fingerprint density at radius 2 is 2.00 bits per heavy atom. The number of carbonyl (C=O) groups is 1. The lowest BCUT2D eigenvalue weighted by atomic mass is 10.1. The van der Waals surface area contributed by atoms with Crippen molar-refractivity contribution in [1.82, 2.24) is 5.16 Å². The van der Waals surface area contributed by atoms with Gasteiger partial charge in [-0.25, -0.2) is 0 Å². The minimum atomic E-state index is -0.199. The molecule has 2 N–H and O–H groups in total. The van der Waals surface area contributed by atoms with Crippen LogP contribution in [0.4, 0.5) is 0 Å². The molecule has 0 bridgehead atoms. The van der Waals surface area contributed by atoms with Crippen LogP contribution < -0.4 is 0 Å². The molecule has 3 aromatic rings. The fraction of sp³-hybridized carbons (Fsp3) is 0.0588. The molecule has 0 spiro atoms. The second-order valence-electron chi connectivity index (χ2n) is 4.92. The average Bonchev–Trinajstić information content (AvgIpc) is 2.87. The van der Waals surface area contributed by atoms with Crippen LogP contribution in [0.3, 0.4) is 0 Å². The van der Waals surface area contributed by atoms with Crippen LogP contribution in [0.2, 0.25) is 0 Å². The minimum Gasteiger partial charge on any atom is -0.508 e. The molecule has 0 saturated heterocycles. The average molecular weight is 295 g/mol. The van der Waals surface area contributed by atoms with Gasteiger partial charge in [0.1, 0.15) is 11.5 Å². The number of phenolic OH excluding ortho intramolecular Hbond substituents is 2. The standard InChI is InChI=1S/C17H13NO4/c1-10-14-8-12(4-7-17(14)22-18-10)15(20)6-3-11-2-5-13(19)9-16(11)21/h2-9,19,21H,1H3. The predicted molar refractivity (Wildman–Crippen MR) is 81.9 cm³/mol. The number of aryl methyl sites for hydroxylation is 1. The first-order chi connectivity index (χ1) is 10.5. The number of benzene rings is 2. The number of aromatic nitrogens is 1. The first-order valence-corrected chi connectivity index (χ1v) is 6.65. The normalized spacial score (nSPS) is 11.3. The van der Waals surface area contributed by atoms with Gasteiger partial charge in [0.25, 0.3) is 0 Å². The second-order valence-corrected chi connectivity index (χ2v) is 4.92. The highest BCUT2D eigenvalue weighted by Crippen LogP contribution is 2.24. The Morgan fingerprint density at radius 1 is 1.18 bits per heavy atom. The first-order valence-electron chi connectivity index (χ1n) is 6.65. The third kappa shape index (κ3) is 2.56. The SMILES string of the molecule is Cc1noc2ccc(C(=O)C=Cc3ccc(O)cc3O)cc12. The van der Waals surface area contributed by atoms with Crippen molar-refractivity contribution in [2.45, 2.75) is 6.92 Å². The summed E-state index contributed by atoms with van der Waals surface area (Å²) >= 11 is 0. The van der Waals surface area contributed by atoms with E-state index in [1.807, 2.05) is 6.92 Å². The van der Waals surface area contributed by atoms with Gasteiger partial charge in [0, 0.05) is 22.6 Å². The van der Waals surface area contributed by atoms with Crippen molar-refractivity contribution in [3.8, 4) is 11.5 Å². The van der Waals surface area contributed by atoms with Crippen LogP contribution >= 0.6 is 0 Å². The lowest BCUT2D eigenvalue weighted by molar-refractivity contribution is 0.104. The molecule has 3 rings (SSSR count). The fourth-order valence-corrected chi connectivity index (χ4v) is 2.15. The highest BCUT2D eigenvalue weighted by Gasteiger charge is 2.08. The number of rotatable bonds is 3. The van der Waals surface area contributed by atoms with Crippen LogP contribution in [0.15, 0.2) is 47.0 Å². The molecule has 1 aromatic heterocycles. The Hall–Kier alpha value is -3.08. The van der Waals surface area contributed by atoms with Crippen LogP contribution in [-0.4, -0.2) is 21.2 Å². The Bertz CT molecular complexity index is 893. The molecule has 0 aliphatic carbocycles. The van der Waals surface area contributed by atoms with Gasteiger partial charge in [0.15, 0.2) is 11.4 Å². The van der Waals surface area contributed by atoms with Crippen LogP contribution in [-0.2, 0) is 0 Å². The van der Waals surface area contributed by atoms with Gasteiger partial charge in [0.05, 0.1) is 5.69 Å². The molecule has 110 valence electrons. The van der Waals surface area contributed by atoms with E-state index in [-0.39, 0.29) is 17.3 Å². The van der Waals surface area contributed by atoms with Crippen molar-refractivity contribution in [3.05, 3.63) is 59.3 Å². The van der Waals surface area contributed by atoms with Crippen molar-refractivity contribution < 1.29 is 19.5 Å². The molecule has 5 nitrogen and oxygen atoms in total. The zero-order chi connectivity index (χ0) is 15.7. The van der Waals surface area contributed by atoms with E-state index in [2.05, 4.69) is 5.16 Å². The summed E-state index contributed by atoms with van der Waals surface area (Å²) in [4.78, 5) is 12.2. The number of hydrogen-bond donors (Lipinski definition) is 2. The number of nitrogens with zero attached hydrogens (tertiary/aromatic N) is 1. The molecule has 5 heteroatoms. The van der Waals surface area contributed by atoms with Crippen molar-refractivity contribution in [1.29, 1.82) is 0 Å². The third-order valence-electron chi connectivity index (χ3n) is 3.36. The van der Waals surface area contributed by atoms with Crippen LogP contribution in [0.25, 0.3) is 17.0 Å². The summed E-state index contributed by atoms with van der Waals surface area (Å²) in [5, 5.41) is 23.6. The van der Waals surface area contributed by atoms with Crippen molar-refractivity contribution >= 4 is 22.8 Å². The molecule has 0 aliphatic rings. The lowest BCUT2D eigenvalue weighted by Gasteiger charge is -2.00. The predicted octanol–water partition coefficient (Wildman–Crippen LogP) is 3.44. The summed E-state index contributed by atoms with van der Waals surface area (Å²) in [7, 11) is 0. The van der Waals surface area contributed by atoms with Crippen molar-refractivity contribution in [2.24, 2.45) is 0 Å². The van der Waals surface area contributed by atoms with Gasteiger partial charge in [-0.1, -0.05) is 5.16 Å². The molecule has 2 aromatic carbocycles. The fourth-order valence-electron chi connectivity index (χ4n) is 2.15. The first kappa shape index (κ1) is 13.9. The molecule has 0 unspecified atom stereocenters. The van der Waals surface area contributed by atoms with E-state index >= 15 is 0 Å². The highest BCUT2D eigenvalue weighted by atomic mass is 16.5. The zero-order valence-electron chi connectivity index (χ0n) is 11.8. The summed E-state index contributed by atoms with van der Waals surface area (Å²) in [5.41, 5.74) is 2.32. The molecular formula is C17H13NO4. The van der Waals surface area contributed by atoms with Gasteiger partial charge in [-0.15, -0.1) is 0 Å². The Balaban J connectivity index is 1.89. The molecule has 0 aliphatic heterocycles. The lowest BCUT2D eigenvalue weighted by Crippen LogP contribution is -1.93. The minimum absolute atomic E-state index is 0.0330. The quantitative estimate of drug-likeness (QED) is 0.571. The van der Waals surface area contributed by atoms with E-state index in [4.69, 9.17) is 4.52 Å². The summed E-state index contributed by atoms with van der Waals surface area (Å²) in [6.45, 7) is 1.81. The molecular weight excluding hydrogens is 282 g/mol. The summed E-state index contributed by atoms with van der Waals surface area (Å²) in [5.74, 6) is -0.321. The molecule has 22 heavy (non-hydrogen) atoms. The number of aromatic hydroxyl groups is 2. The molecule has 0 amide bonds. The number of hydrogen-bond acceptors (Lipinski definition) is 5. The van der Waals surface area contributed by atoms with Crippen molar-refractivity contribution in [2.75, 3.05) is 0 Å². The van der Waals surface area contributed by atoms with Gasteiger partial charge < -0.3 is 14.7 Å². The summed E-state index contributed by atoms with van der Waals surface area (Å²) < 4.78 is 5.10. The monoisotopic (exact) mass is 295 g/mol. The van der Waals surface area contributed by atoms with Gasteiger partial charge in [-0.05, 0) is 49.4 Å². The van der Waals surface area contributed by atoms with Gasteiger partial charge in [-0.3, -0.25) is 4.79 Å². The van der Waals surface area contributed by atoms with Crippen molar-refractivity contribution in [3.63, 3.8) is 0 Å². The number of fused-ring (bicyclic) bond motifs is 1. The third-order valence-corrected chi connectivity index (χ3v) is 3.36.